The zero-order valence-electron chi connectivity index (χ0n) is 12.9. The molecule has 2 N–H and O–H groups in total. The van der Waals surface area contributed by atoms with Crippen LogP contribution in [-0.2, 0) is 4.79 Å². The molecule has 3 aliphatic rings. The van der Waals surface area contributed by atoms with E-state index in [4.69, 9.17) is 18.0 Å². The number of carbonyl (C=O) groups excluding carboxylic acids is 1. The van der Waals surface area contributed by atoms with Gasteiger partial charge in [-0.2, -0.15) is 0 Å². The smallest absolute Gasteiger partial charge is 0.225 e. The third-order valence-corrected chi connectivity index (χ3v) is 6.43. The summed E-state index contributed by atoms with van der Waals surface area (Å²) in [7, 11) is 0. The third kappa shape index (κ3) is 3.41. The zero-order chi connectivity index (χ0) is 14.8. The van der Waals surface area contributed by atoms with Gasteiger partial charge >= 0.3 is 0 Å². The molecule has 0 bridgehead atoms. The number of thiocarbonyl (C=S) groups is 1. The number of nitrogens with zero attached hydrogens (tertiary/aromatic N) is 1. The topological polar surface area (TPSA) is 46.3 Å². The van der Waals surface area contributed by atoms with E-state index in [0.29, 0.717) is 22.7 Å². The molecule has 2 aliphatic carbocycles. The van der Waals surface area contributed by atoms with E-state index in [0.717, 1.165) is 50.6 Å². The van der Waals surface area contributed by atoms with Gasteiger partial charge in [-0.25, -0.2) is 0 Å². The highest BCUT2D eigenvalue weighted by atomic mass is 32.1. The SMILES string of the molecule is NC(=S)C1CCN(C(=O)C2CCC3CCCCC3C2)CC1. The van der Waals surface area contributed by atoms with Crippen LogP contribution in [0.25, 0.3) is 0 Å². The highest BCUT2D eigenvalue weighted by molar-refractivity contribution is 7.80. The van der Waals surface area contributed by atoms with Gasteiger partial charge in [0.1, 0.15) is 0 Å². The Morgan fingerprint density at radius 1 is 0.905 bits per heavy atom. The van der Waals surface area contributed by atoms with Gasteiger partial charge < -0.3 is 10.6 Å². The maximum absolute atomic E-state index is 12.8. The Morgan fingerprint density at radius 3 is 2.24 bits per heavy atom. The Labute approximate surface area is 133 Å². The maximum Gasteiger partial charge on any atom is 0.225 e. The molecule has 4 heteroatoms. The summed E-state index contributed by atoms with van der Waals surface area (Å²) < 4.78 is 0. The van der Waals surface area contributed by atoms with Crippen LogP contribution in [0.5, 0.6) is 0 Å². The number of fused-ring (bicyclic) bond motifs is 1. The van der Waals surface area contributed by atoms with E-state index in [2.05, 4.69) is 4.90 Å². The zero-order valence-corrected chi connectivity index (χ0v) is 13.7. The van der Waals surface area contributed by atoms with Crippen LogP contribution in [0.2, 0.25) is 0 Å². The Balaban J connectivity index is 1.53. The minimum atomic E-state index is 0.297. The summed E-state index contributed by atoms with van der Waals surface area (Å²) in [6, 6.07) is 0. The average Bonchev–Trinajstić information content (AvgIpc) is 2.54. The van der Waals surface area contributed by atoms with Gasteiger partial charge in [0.15, 0.2) is 0 Å². The van der Waals surface area contributed by atoms with E-state index >= 15 is 0 Å². The predicted octanol–water partition coefficient (Wildman–Crippen LogP) is 3.12. The lowest BCUT2D eigenvalue weighted by Crippen LogP contribution is -2.45. The van der Waals surface area contributed by atoms with Crippen molar-refractivity contribution < 1.29 is 4.79 Å². The summed E-state index contributed by atoms with van der Waals surface area (Å²) in [6.45, 7) is 1.71. The molecule has 0 aromatic heterocycles. The van der Waals surface area contributed by atoms with Crippen molar-refractivity contribution >= 4 is 23.1 Å². The second-order valence-electron chi connectivity index (χ2n) is 7.32. The van der Waals surface area contributed by atoms with Gasteiger partial charge in [-0.1, -0.05) is 37.9 Å². The first-order valence-corrected chi connectivity index (χ1v) is 9.14. The molecule has 0 spiro atoms. The number of carbonyl (C=O) groups is 1. The van der Waals surface area contributed by atoms with Crippen LogP contribution in [0.15, 0.2) is 0 Å². The van der Waals surface area contributed by atoms with Crippen molar-refractivity contribution in [1.82, 2.24) is 4.90 Å². The molecule has 1 aliphatic heterocycles. The second kappa shape index (κ2) is 6.64. The van der Waals surface area contributed by atoms with Gasteiger partial charge in [-0.15, -0.1) is 0 Å². The standard InChI is InChI=1S/C17H28N2OS/c18-16(21)13-7-9-19(10-8-13)17(20)15-6-5-12-3-1-2-4-14(12)11-15/h12-15H,1-11H2,(H2,18,21). The maximum atomic E-state index is 12.8. The quantitative estimate of drug-likeness (QED) is 0.797. The van der Waals surface area contributed by atoms with Crippen molar-refractivity contribution in [2.75, 3.05) is 13.1 Å². The number of rotatable bonds is 2. The molecule has 0 aromatic carbocycles. The molecular formula is C17H28N2OS. The van der Waals surface area contributed by atoms with Gasteiger partial charge in [0.25, 0.3) is 0 Å². The van der Waals surface area contributed by atoms with E-state index in [1.165, 1.54) is 32.1 Å². The minimum absolute atomic E-state index is 0.297. The molecule has 1 saturated heterocycles. The van der Waals surface area contributed by atoms with Crippen molar-refractivity contribution in [3.05, 3.63) is 0 Å². The second-order valence-corrected chi connectivity index (χ2v) is 7.79. The number of likely N-dealkylation sites (tertiary alicyclic amines) is 1. The fourth-order valence-electron chi connectivity index (χ4n) is 4.74. The Morgan fingerprint density at radius 2 is 1.57 bits per heavy atom. The summed E-state index contributed by atoms with van der Waals surface area (Å²) in [5.74, 6) is 2.81. The van der Waals surface area contributed by atoms with Crippen molar-refractivity contribution in [2.24, 2.45) is 29.4 Å². The molecule has 0 radical (unpaired) electrons. The highest BCUT2D eigenvalue weighted by Gasteiger charge is 2.37. The number of hydrogen-bond donors (Lipinski definition) is 1. The Kier molecular flexibility index (Phi) is 4.82. The summed E-state index contributed by atoms with van der Waals surface area (Å²) >= 11 is 5.08. The normalized spacial score (nSPS) is 34.3. The summed E-state index contributed by atoms with van der Waals surface area (Å²) in [5, 5.41) is 0. The molecule has 3 atom stereocenters. The summed E-state index contributed by atoms with van der Waals surface area (Å²) in [6.07, 6.45) is 11.0. The molecule has 3 rings (SSSR count). The van der Waals surface area contributed by atoms with Crippen LogP contribution in [0.3, 0.4) is 0 Å². The van der Waals surface area contributed by atoms with Gasteiger partial charge in [0, 0.05) is 24.9 Å². The Bertz CT molecular complexity index is 404. The van der Waals surface area contributed by atoms with Crippen LogP contribution < -0.4 is 5.73 Å². The molecule has 3 unspecified atom stereocenters. The van der Waals surface area contributed by atoms with E-state index in [9.17, 15) is 4.79 Å². The van der Waals surface area contributed by atoms with Gasteiger partial charge in [0.05, 0.1) is 4.99 Å². The van der Waals surface area contributed by atoms with Gasteiger partial charge in [-0.3, -0.25) is 4.79 Å². The van der Waals surface area contributed by atoms with Crippen molar-refractivity contribution in [3.63, 3.8) is 0 Å². The number of amides is 1. The van der Waals surface area contributed by atoms with Gasteiger partial charge in [0.2, 0.25) is 5.91 Å². The first-order valence-electron chi connectivity index (χ1n) is 8.73. The van der Waals surface area contributed by atoms with Crippen LogP contribution in [0.4, 0.5) is 0 Å². The van der Waals surface area contributed by atoms with Crippen LogP contribution in [0.1, 0.15) is 57.8 Å². The molecule has 21 heavy (non-hydrogen) atoms. The van der Waals surface area contributed by atoms with E-state index in [-0.39, 0.29) is 0 Å². The highest BCUT2D eigenvalue weighted by Crippen LogP contribution is 2.43. The third-order valence-electron chi connectivity index (χ3n) is 6.10. The predicted molar refractivity (Wildman–Crippen MR) is 88.9 cm³/mol. The molecule has 3 fully saturated rings. The molecule has 2 saturated carbocycles. The fraction of sp³-hybridized carbons (Fsp3) is 0.882. The van der Waals surface area contributed by atoms with E-state index in [1.807, 2.05) is 0 Å². The lowest BCUT2D eigenvalue weighted by molar-refractivity contribution is -0.139. The van der Waals surface area contributed by atoms with Gasteiger partial charge in [-0.05, 0) is 43.9 Å². The largest absolute Gasteiger partial charge is 0.393 e. The summed E-state index contributed by atoms with van der Waals surface area (Å²) in [5.41, 5.74) is 5.73. The van der Waals surface area contributed by atoms with Crippen molar-refractivity contribution in [2.45, 2.75) is 57.8 Å². The van der Waals surface area contributed by atoms with Crippen LogP contribution in [-0.4, -0.2) is 28.9 Å². The number of nitrogens with two attached hydrogens (primary N) is 1. The molecule has 0 aromatic rings. The minimum Gasteiger partial charge on any atom is -0.393 e. The first kappa shape index (κ1) is 15.3. The average molecular weight is 308 g/mol. The van der Waals surface area contributed by atoms with E-state index in [1.54, 1.807) is 0 Å². The van der Waals surface area contributed by atoms with E-state index < -0.39 is 0 Å². The fourth-order valence-corrected chi connectivity index (χ4v) is 4.98. The molecule has 1 amide bonds. The van der Waals surface area contributed by atoms with Crippen molar-refractivity contribution in [3.8, 4) is 0 Å². The summed E-state index contributed by atoms with van der Waals surface area (Å²) in [4.78, 5) is 15.5. The van der Waals surface area contributed by atoms with Crippen LogP contribution in [0, 0.1) is 23.7 Å². The first-order chi connectivity index (χ1) is 10.1. The molecule has 1 heterocycles. The van der Waals surface area contributed by atoms with Crippen LogP contribution >= 0.6 is 12.2 Å². The molecule has 3 nitrogen and oxygen atoms in total. The Hall–Kier alpha value is -0.640. The molecular weight excluding hydrogens is 280 g/mol. The lowest BCUT2D eigenvalue weighted by atomic mass is 9.67. The monoisotopic (exact) mass is 308 g/mol. The number of hydrogen-bond acceptors (Lipinski definition) is 2. The number of piperidine rings is 1. The lowest BCUT2D eigenvalue weighted by Gasteiger charge is -2.41. The van der Waals surface area contributed by atoms with Crippen molar-refractivity contribution in [1.29, 1.82) is 0 Å². The molecule has 118 valence electrons.